The van der Waals surface area contributed by atoms with Gasteiger partial charge in [-0.05, 0) is 30.5 Å². The molecule has 0 atom stereocenters. The maximum Gasteiger partial charge on any atom is 0.243 e. The number of fused-ring (bicyclic) bond motifs is 1. The molecule has 120 valence electrons. The summed E-state index contributed by atoms with van der Waals surface area (Å²) in [7, 11) is 4.84. The van der Waals surface area contributed by atoms with Crippen molar-refractivity contribution in [3.05, 3.63) is 30.3 Å². The van der Waals surface area contributed by atoms with E-state index in [0.717, 1.165) is 16.3 Å². The SMILES string of the molecule is COc1ccc(-c2nc3ccc(SC)nn3c2OC)c(OC)c1. The van der Waals surface area contributed by atoms with Crippen LogP contribution in [0.15, 0.2) is 35.4 Å². The highest BCUT2D eigenvalue weighted by atomic mass is 32.2. The molecule has 0 aliphatic carbocycles. The van der Waals surface area contributed by atoms with E-state index in [2.05, 4.69) is 10.1 Å². The van der Waals surface area contributed by atoms with Crippen molar-refractivity contribution in [1.29, 1.82) is 0 Å². The number of aromatic nitrogens is 3. The number of thioether (sulfide) groups is 1. The first-order valence-electron chi connectivity index (χ1n) is 6.92. The molecule has 0 amide bonds. The predicted octanol–water partition coefficient (Wildman–Crippen LogP) is 3.14. The van der Waals surface area contributed by atoms with E-state index in [1.165, 1.54) is 0 Å². The van der Waals surface area contributed by atoms with Gasteiger partial charge in [0.2, 0.25) is 5.88 Å². The van der Waals surface area contributed by atoms with Gasteiger partial charge >= 0.3 is 0 Å². The number of methoxy groups -OCH3 is 3. The lowest BCUT2D eigenvalue weighted by atomic mass is 10.1. The van der Waals surface area contributed by atoms with Crippen molar-refractivity contribution in [2.45, 2.75) is 5.03 Å². The molecule has 0 saturated heterocycles. The maximum absolute atomic E-state index is 5.55. The quantitative estimate of drug-likeness (QED) is 0.670. The summed E-state index contributed by atoms with van der Waals surface area (Å²) in [5.74, 6) is 1.95. The summed E-state index contributed by atoms with van der Waals surface area (Å²) in [5.41, 5.74) is 2.21. The van der Waals surface area contributed by atoms with Crippen LogP contribution in [0.2, 0.25) is 0 Å². The number of rotatable bonds is 5. The molecule has 6 nitrogen and oxygen atoms in total. The Balaban J connectivity index is 2.23. The van der Waals surface area contributed by atoms with Crippen LogP contribution in [0.1, 0.15) is 0 Å². The molecule has 0 aliphatic rings. The summed E-state index contributed by atoms with van der Waals surface area (Å²) in [5, 5.41) is 5.42. The minimum Gasteiger partial charge on any atom is -0.497 e. The average Bonchev–Trinajstić information content (AvgIpc) is 2.98. The first-order valence-corrected chi connectivity index (χ1v) is 8.14. The Bertz CT molecular complexity index is 848. The first kappa shape index (κ1) is 15.5. The summed E-state index contributed by atoms with van der Waals surface area (Å²) in [6.07, 6.45) is 1.98. The fourth-order valence-corrected chi connectivity index (χ4v) is 2.73. The zero-order valence-corrected chi connectivity index (χ0v) is 14.2. The smallest absolute Gasteiger partial charge is 0.243 e. The van der Waals surface area contributed by atoms with Crippen LogP contribution in [0.3, 0.4) is 0 Å². The zero-order chi connectivity index (χ0) is 16.4. The second-order valence-corrected chi connectivity index (χ2v) is 5.51. The molecule has 23 heavy (non-hydrogen) atoms. The second kappa shape index (κ2) is 6.37. The van der Waals surface area contributed by atoms with E-state index < -0.39 is 0 Å². The van der Waals surface area contributed by atoms with Gasteiger partial charge in [0, 0.05) is 11.6 Å². The predicted molar refractivity (Wildman–Crippen MR) is 89.9 cm³/mol. The van der Waals surface area contributed by atoms with Gasteiger partial charge in [0.25, 0.3) is 0 Å². The van der Waals surface area contributed by atoms with Gasteiger partial charge in [0.15, 0.2) is 5.65 Å². The lowest BCUT2D eigenvalue weighted by molar-refractivity contribution is 0.385. The molecular formula is C16H17N3O3S. The van der Waals surface area contributed by atoms with Crippen molar-refractivity contribution in [2.75, 3.05) is 27.6 Å². The first-order chi connectivity index (χ1) is 11.2. The molecule has 0 unspecified atom stereocenters. The minimum absolute atomic E-state index is 0.569. The van der Waals surface area contributed by atoms with Gasteiger partial charge in [-0.2, -0.15) is 9.61 Å². The fourth-order valence-electron chi connectivity index (χ4n) is 2.36. The minimum atomic E-state index is 0.569. The Kier molecular flexibility index (Phi) is 4.29. The number of imidazole rings is 1. The van der Waals surface area contributed by atoms with E-state index in [9.17, 15) is 0 Å². The van der Waals surface area contributed by atoms with E-state index in [1.54, 1.807) is 37.6 Å². The third-order valence-corrected chi connectivity index (χ3v) is 4.11. The monoisotopic (exact) mass is 331 g/mol. The van der Waals surface area contributed by atoms with E-state index in [1.807, 2.05) is 36.6 Å². The molecule has 2 aromatic heterocycles. The molecule has 0 N–H and O–H groups in total. The molecule has 0 spiro atoms. The molecule has 0 fully saturated rings. The molecule has 3 rings (SSSR count). The molecular weight excluding hydrogens is 314 g/mol. The summed E-state index contributed by atoms with van der Waals surface area (Å²) in [6.45, 7) is 0. The van der Waals surface area contributed by atoms with Gasteiger partial charge in [-0.1, -0.05) is 0 Å². The van der Waals surface area contributed by atoms with Crippen molar-refractivity contribution < 1.29 is 14.2 Å². The van der Waals surface area contributed by atoms with E-state index in [0.29, 0.717) is 23.0 Å². The molecule has 2 heterocycles. The van der Waals surface area contributed by atoms with Crippen molar-refractivity contribution in [1.82, 2.24) is 14.6 Å². The van der Waals surface area contributed by atoms with E-state index in [4.69, 9.17) is 14.2 Å². The van der Waals surface area contributed by atoms with Crippen molar-refractivity contribution in [2.24, 2.45) is 0 Å². The van der Waals surface area contributed by atoms with Gasteiger partial charge in [-0.25, -0.2) is 4.98 Å². The number of hydrogen-bond acceptors (Lipinski definition) is 6. The molecule has 1 aromatic carbocycles. The molecule has 0 radical (unpaired) electrons. The Morgan fingerprint density at radius 1 is 1.00 bits per heavy atom. The molecule has 7 heteroatoms. The lowest BCUT2D eigenvalue weighted by Gasteiger charge is -2.09. The zero-order valence-electron chi connectivity index (χ0n) is 13.4. The van der Waals surface area contributed by atoms with Crippen LogP contribution in [0, 0.1) is 0 Å². The van der Waals surface area contributed by atoms with Crippen molar-refractivity contribution in [3.63, 3.8) is 0 Å². The van der Waals surface area contributed by atoms with Gasteiger partial charge in [-0.3, -0.25) is 0 Å². The summed E-state index contributed by atoms with van der Waals surface area (Å²) in [4.78, 5) is 4.64. The molecule has 0 aliphatic heterocycles. The second-order valence-electron chi connectivity index (χ2n) is 4.68. The van der Waals surface area contributed by atoms with Crippen LogP contribution in [-0.2, 0) is 0 Å². The Morgan fingerprint density at radius 3 is 2.48 bits per heavy atom. The standard InChI is InChI=1S/C16H17N3O3S/c1-20-10-5-6-11(12(9-10)21-2)15-16(22-3)19-13(17-15)7-8-14(18-19)23-4/h5-9H,1-4H3. The summed E-state index contributed by atoms with van der Waals surface area (Å²) < 4.78 is 18.0. The fraction of sp³-hybridized carbons (Fsp3) is 0.250. The number of ether oxygens (including phenoxy) is 3. The number of hydrogen-bond donors (Lipinski definition) is 0. The molecule has 0 bridgehead atoms. The van der Waals surface area contributed by atoms with Gasteiger partial charge in [0.1, 0.15) is 22.2 Å². The largest absolute Gasteiger partial charge is 0.497 e. The van der Waals surface area contributed by atoms with Crippen molar-refractivity contribution >= 4 is 17.4 Å². The van der Waals surface area contributed by atoms with Crippen LogP contribution in [0.4, 0.5) is 0 Å². The Hall–Kier alpha value is -2.41. The van der Waals surface area contributed by atoms with Gasteiger partial charge < -0.3 is 14.2 Å². The average molecular weight is 331 g/mol. The Morgan fingerprint density at radius 2 is 1.83 bits per heavy atom. The molecule has 3 aromatic rings. The highest BCUT2D eigenvalue weighted by molar-refractivity contribution is 7.98. The summed E-state index contributed by atoms with van der Waals surface area (Å²) in [6, 6.07) is 9.43. The van der Waals surface area contributed by atoms with Crippen LogP contribution in [0.25, 0.3) is 16.9 Å². The van der Waals surface area contributed by atoms with Crippen LogP contribution in [0.5, 0.6) is 17.4 Å². The molecule has 0 saturated carbocycles. The highest BCUT2D eigenvalue weighted by Gasteiger charge is 2.19. The Labute approximate surface area is 138 Å². The highest BCUT2D eigenvalue weighted by Crippen LogP contribution is 2.38. The van der Waals surface area contributed by atoms with Crippen LogP contribution >= 0.6 is 11.8 Å². The number of benzene rings is 1. The third kappa shape index (κ3) is 2.68. The summed E-state index contributed by atoms with van der Waals surface area (Å²) >= 11 is 1.56. The topological polar surface area (TPSA) is 57.9 Å². The third-order valence-electron chi connectivity index (χ3n) is 3.48. The lowest BCUT2D eigenvalue weighted by Crippen LogP contribution is -1.97. The normalized spacial score (nSPS) is 10.8. The van der Waals surface area contributed by atoms with Crippen LogP contribution in [-0.4, -0.2) is 42.2 Å². The van der Waals surface area contributed by atoms with Gasteiger partial charge in [0.05, 0.1) is 21.3 Å². The number of nitrogens with zero attached hydrogens (tertiary/aromatic N) is 3. The van der Waals surface area contributed by atoms with E-state index >= 15 is 0 Å². The van der Waals surface area contributed by atoms with E-state index in [-0.39, 0.29) is 0 Å². The van der Waals surface area contributed by atoms with Crippen molar-refractivity contribution in [3.8, 4) is 28.6 Å². The maximum atomic E-state index is 5.55. The van der Waals surface area contributed by atoms with Gasteiger partial charge in [-0.15, -0.1) is 11.8 Å². The van der Waals surface area contributed by atoms with Crippen LogP contribution < -0.4 is 14.2 Å².